The Balaban J connectivity index is 2.43. The Morgan fingerprint density at radius 3 is 2.52 bits per heavy atom. The molecule has 0 aromatic heterocycles. The fraction of sp³-hybridized carbons (Fsp3) is 0.250. The molecule has 21 heavy (non-hydrogen) atoms. The Bertz CT molecular complexity index is 723. The molecular weight excluding hydrogens is 288 g/mol. The molecule has 5 heteroatoms. The summed E-state index contributed by atoms with van der Waals surface area (Å²) in [4.78, 5) is 0.188. The molecular formula is C16H18O4S. The normalized spacial score (nSPS) is 12.9. The fourth-order valence-electron chi connectivity index (χ4n) is 2.09. The first-order valence-corrected chi connectivity index (χ1v) is 8.52. The molecule has 112 valence electrons. The van der Waals surface area contributed by atoms with Gasteiger partial charge in [-0.3, -0.25) is 0 Å². The van der Waals surface area contributed by atoms with E-state index < -0.39 is 15.9 Å². The molecule has 0 spiro atoms. The van der Waals surface area contributed by atoms with Crippen molar-refractivity contribution in [2.45, 2.75) is 17.9 Å². The summed E-state index contributed by atoms with van der Waals surface area (Å²) in [6.45, 7) is 2.36. The van der Waals surface area contributed by atoms with Gasteiger partial charge < -0.3 is 9.84 Å². The van der Waals surface area contributed by atoms with Crippen LogP contribution in [0.25, 0.3) is 0 Å². The zero-order valence-corrected chi connectivity index (χ0v) is 12.8. The minimum absolute atomic E-state index is 0.188. The van der Waals surface area contributed by atoms with E-state index in [1.54, 1.807) is 24.3 Å². The summed E-state index contributed by atoms with van der Waals surface area (Å²) in [6.07, 6.45) is 0.210. The Labute approximate surface area is 124 Å². The summed E-state index contributed by atoms with van der Waals surface area (Å²) in [5, 5.41) is 10.5. The maximum Gasteiger partial charge on any atom is 0.175 e. The Hall–Kier alpha value is -1.85. The lowest BCUT2D eigenvalue weighted by Crippen LogP contribution is -2.05. The van der Waals surface area contributed by atoms with Gasteiger partial charge >= 0.3 is 0 Å². The number of sulfone groups is 1. The highest BCUT2D eigenvalue weighted by atomic mass is 32.2. The number of rotatable bonds is 5. The molecule has 0 amide bonds. The maximum absolute atomic E-state index is 11.6. The SMILES string of the molecule is CCOc1ccccc1C(O)c1cccc(S(C)(=O)=O)c1. The lowest BCUT2D eigenvalue weighted by molar-refractivity contribution is 0.211. The van der Waals surface area contributed by atoms with Crippen molar-refractivity contribution in [3.8, 4) is 5.75 Å². The van der Waals surface area contributed by atoms with Gasteiger partial charge in [-0.2, -0.15) is 0 Å². The molecule has 0 aliphatic heterocycles. The third kappa shape index (κ3) is 3.62. The minimum atomic E-state index is -3.30. The maximum atomic E-state index is 11.6. The van der Waals surface area contributed by atoms with Gasteiger partial charge in [0, 0.05) is 11.8 Å². The van der Waals surface area contributed by atoms with Crippen LogP contribution in [0.15, 0.2) is 53.4 Å². The number of aliphatic hydroxyl groups is 1. The summed E-state index contributed by atoms with van der Waals surface area (Å²) < 4.78 is 28.7. The standard InChI is InChI=1S/C16H18O4S/c1-3-20-15-10-5-4-9-14(15)16(17)12-7-6-8-13(11-12)21(2,18)19/h4-11,16-17H,3H2,1-2H3. The molecule has 0 heterocycles. The highest BCUT2D eigenvalue weighted by Gasteiger charge is 2.17. The van der Waals surface area contributed by atoms with Crippen LogP contribution in [0.5, 0.6) is 5.75 Å². The van der Waals surface area contributed by atoms with Crippen molar-refractivity contribution in [1.82, 2.24) is 0 Å². The minimum Gasteiger partial charge on any atom is -0.493 e. The van der Waals surface area contributed by atoms with E-state index in [2.05, 4.69) is 0 Å². The Morgan fingerprint density at radius 2 is 1.86 bits per heavy atom. The summed E-state index contributed by atoms with van der Waals surface area (Å²) in [7, 11) is -3.30. The zero-order chi connectivity index (χ0) is 15.5. The highest BCUT2D eigenvalue weighted by molar-refractivity contribution is 7.90. The molecule has 1 N–H and O–H groups in total. The van der Waals surface area contributed by atoms with Crippen LogP contribution in [0.1, 0.15) is 24.2 Å². The van der Waals surface area contributed by atoms with Crippen LogP contribution < -0.4 is 4.74 Å². The number of para-hydroxylation sites is 1. The third-order valence-corrected chi connectivity index (χ3v) is 4.23. The number of benzene rings is 2. The molecule has 0 fully saturated rings. The quantitative estimate of drug-likeness (QED) is 0.922. The predicted molar refractivity (Wildman–Crippen MR) is 81.2 cm³/mol. The lowest BCUT2D eigenvalue weighted by Gasteiger charge is -2.16. The first-order valence-electron chi connectivity index (χ1n) is 6.63. The van der Waals surface area contributed by atoms with Gasteiger partial charge in [0.05, 0.1) is 11.5 Å². The molecule has 0 aliphatic rings. The average Bonchev–Trinajstić information content (AvgIpc) is 2.47. The third-order valence-electron chi connectivity index (χ3n) is 3.12. The highest BCUT2D eigenvalue weighted by Crippen LogP contribution is 2.30. The van der Waals surface area contributed by atoms with Gasteiger partial charge in [-0.1, -0.05) is 30.3 Å². The van der Waals surface area contributed by atoms with Crippen LogP contribution in [0.3, 0.4) is 0 Å². The van der Waals surface area contributed by atoms with Crippen molar-refractivity contribution < 1.29 is 18.3 Å². The number of ether oxygens (including phenoxy) is 1. The van der Waals surface area contributed by atoms with Crippen LogP contribution in [0.2, 0.25) is 0 Å². The molecule has 0 saturated carbocycles. The lowest BCUT2D eigenvalue weighted by atomic mass is 10.0. The molecule has 0 saturated heterocycles. The molecule has 2 aromatic rings. The van der Waals surface area contributed by atoms with E-state index in [0.29, 0.717) is 23.5 Å². The van der Waals surface area contributed by atoms with Gasteiger partial charge in [0.15, 0.2) is 9.84 Å². The fourth-order valence-corrected chi connectivity index (χ4v) is 2.76. The number of hydrogen-bond donors (Lipinski definition) is 1. The van der Waals surface area contributed by atoms with E-state index in [1.165, 1.54) is 12.1 Å². The van der Waals surface area contributed by atoms with Gasteiger partial charge in [-0.25, -0.2) is 8.42 Å². The molecule has 1 atom stereocenters. The van der Waals surface area contributed by atoms with E-state index in [9.17, 15) is 13.5 Å². The Kier molecular flexibility index (Phi) is 4.65. The summed E-state index contributed by atoms with van der Waals surface area (Å²) in [6, 6.07) is 13.5. The number of aliphatic hydroxyl groups excluding tert-OH is 1. The molecule has 2 aromatic carbocycles. The summed E-state index contributed by atoms with van der Waals surface area (Å²) in [5.74, 6) is 0.595. The van der Waals surface area contributed by atoms with Gasteiger partial charge in [-0.15, -0.1) is 0 Å². The average molecular weight is 306 g/mol. The Morgan fingerprint density at radius 1 is 1.14 bits per heavy atom. The second-order valence-electron chi connectivity index (χ2n) is 4.72. The van der Waals surface area contributed by atoms with Crippen molar-refractivity contribution >= 4 is 9.84 Å². The number of hydrogen-bond acceptors (Lipinski definition) is 4. The second-order valence-corrected chi connectivity index (χ2v) is 6.73. The monoisotopic (exact) mass is 306 g/mol. The van der Waals surface area contributed by atoms with E-state index in [1.807, 2.05) is 19.1 Å². The van der Waals surface area contributed by atoms with E-state index in [-0.39, 0.29) is 4.90 Å². The predicted octanol–water partition coefficient (Wildman–Crippen LogP) is 2.57. The smallest absolute Gasteiger partial charge is 0.175 e. The van der Waals surface area contributed by atoms with Crippen molar-refractivity contribution in [3.05, 3.63) is 59.7 Å². The van der Waals surface area contributed by atoms with Crippen molar-refractivity contribution in [3.63, 3.8) is 0 Å². The van der Waals surface area contributed by atoms with Gasteiger partial charge in [-0.05, 0) is 30.7 Å². The van der Waals surface area contributed by atoms with E-state index >= 15 is 0 Å². The molecule has 1 unspecified atom stereocenters. The topological polar surface area (TPSA) is 63.6 Å². The van der Waals surface area contributed by atoms with Crippen molar-refractivity contribution in [2.24, 2.45) is 0 Å². The molecule has 4 nitrogen and oxygen atoms in total. The van der Waals surface area contributed by atoms with Gasteiger partial charge in [0.1, 0.15) is 11.9 Å². The summed E-state index contributed by atoms with van der Waals surface area (Å²) >= 11 is 0. The van der Waals surface area contributed by atoms with Crippen LogP contribution >= 0.6 is 0 Å². The van der Waals surface area contributed by atoms with Gasteiger partial charge in [0.2, 0.25) is 0 Å². The van der Waals surface area contributed by atoms with Crippen LogP contribution in [-0.4, -0.2) is 26.4 Å². The van der Waals surface area contributed by atoms with Gasteiger partial charge in [0.25, 0.3) is 0 Å². The first-order chi connectivity index (χ1) is 9.93. The van der Waals surface area contributed by atoms with Crippen LogP contribution in [0.4, 0.5) is 0 Å². The molecule has 0 bridgehead atoms. The first kappa shape index (κ1) is 15.5. The van der Waals surface area contributed by atoms with Crippen LogP contribution in [0, 0.1) is 0 Å². The summed E-state index contributed by atoms with van der Waals surface area (Å²) in [5.41, 5.74) is 1.13. The molecule has 2 rings (SSSR count). The largest absolute Gasteiger partial charge is 0.493 e. The van der Waals surface area contributed by atoms with E-state index in [4.69, 9.17) is 4.74 Å². The zero-order valence-electron chi connectivity index (χ0n) is 12.0. The van der Waals surface area contributed by atoms with Crippen LogP contribution in [-0.2, 0) is 9.84 Å². The van der Waals surface area contributed by atoms with E-state index in [0.717, 1.165) is 6.26 Å². The second kappa shape index (κ2) is 6.28. The van der Waals surface area contributed by atoms with Crippen molar-refractivity contribution in [1.29, 1.82) is 0 Å². The van der Waals surface area contributed by atoms with Crippen molar-refractivity contribution in [2.75, 3.05) is 12.9 Å². The molecule has 0 aliphatic carbocycles. The molecule has 0 radical (unpaired) electrons.